The molecule has 86 valence electrons. The highest BCUT2D eigenvalue weighted by Crippen LogP contribution is 2.29. The van der Waals surface area contributed by atoms with Crippen LogP contribution >= 0.6 is 0 Å². The third-order valence-corrected chi connectivity index (χ3v) is 3.35. The van der Waals surface area contributed by atoms with E-state index in [9.17, 15) is 9.59 Å². The van der Waals surface area contributed by atoms with Gasteiger partial charge in [0.25, 0.3) is 0 Å². The zero-order chi connectivity index (χ0) is 11.7. The van der Waals surface area contributed by atoms with Crippen molar-refractivity contribution in [2.24, 2.45) is 11.8 Å². The first-order chi connectivity index (χ1) is 7.59. The second-order valence-electron chi connectivity index (χ2n) is 4.65. The van der Waals surface area contributed by atoms with Crippen LogP contribution < -0.4 is 0 Å². The van der Waals surface area contributed by atoms with Crippen LogP contribution in [-0.2, 0) is 4.79 Å². The van der Waals surface area contributed by atoms with Gasteiger partial charge in [-0.2, -0.15) is 0 Å². The van der Waals surface area contributed by atoms with Gasteiger partial charge in [0.15, 0.2) is 5.78 Å². The molecule has 2 rings (SSSR count). The maximum absolute atomic E-state index is 12.2. The predicted molar refractivity (Wildman–Crippen MR) is 59.3 cm³/mol. The quantitative estimate of drug-likeness (QED) is 0.568. The summed E-state index contributed by atoms with van der Waals surface area (Å²) in [6.45, 7) is 3.85. The van der Waals surface area contributed by atoms with Crippen molar-refractivity contribution in [1.82, 2.24) is 0 Å². The molecule has 0 aliphatic heterocycles. The van der Waals surface area contributed by atoms with Crippen molar-refractivity contribution in [2.45, 2.75) is 33.1 Å². The molecular formula is C13H16O3. The molecule has 16 heavy (non-hydrogen) atoms. The van der Waals surface area contributed by atoms with Crippen LogP contribution in [0.4, 0.5) is 0 Å². The largest absolute Gasteiger partial charge is 0.469 e. The molecule has 1 aromatic rings. The zero-order valence-electron chi connectivity index (χ0n) is 9.66. The van der Waals surface area contributed by atoms with Crippen molar-refractivity contribution in [1.29, 1.82) is 0 Å². The van der Waals surface area contributed by atoms with Crippen LogP contribution in [0.2, 0.25) is 0 Å². The van der Waals surface area contributed by atoms with Crippen molar-refractivity contribution in [3.63, 3.8) is 0 Å². The fourth-order valence-corrected chi connectivity index (χ4v) is 2.30. The Bertz CT molecular complexity index is 417. The number of aryl methyl sites for hydroxylation is 1. The summed E-state index contributed by atoms with van der Waals surface area (Å²) >= 11 is 0. The molecule has 3 nitrogen and oxygen atoms in total. The molecule has 0 amide bonds. The lowest BCUT2D eigenvalue weighted by Crippen LogP contribution is -2.30. The summed E-state index contributed by atoms with van der Waals surface area (Å²) in [5, 5.41) is 0. The minimum atomic E-state index is -0.444. The van der Waals surface area contributed by atoms with Gasteiger partial charge in [0.1, 0.15) is 11.5 Å². The number of rotatable bonds is 2. The van der Waals surface area contributed by atoms with Crippen LogP contribution in [0.15, 0.2) is 16.7 Å². The van der Waals surface area contributed by atoms with Gasteiger partial charge in [-0.1, -0.05) is 6.92 Å². The van der Waals surface area contributed by atoms with Crippen molar-refractivity contribution in [2.75, 3.05) is 0 Å². The number of hydrogen-bond donors (Lipinski definition) is 0. The minimum Gasteiger partial charge on any atom is -0.469 e. The lowest BCUT2D eigenvalue weighted by atomic mass is 9.78. The molecule has 0 N–H and O–H groups in total. The molecule has 1 fully saturated rings. The Kier molecular flexibility index (Phi) is 2.95. The molecule has 0 spiro atoms. The van der Waals surface area contributed by atoms with E-state index in [4.69, 9.17) is 4.42 Å². The zero-order valence-corrected chi connectivity index (χ0v) is 9.66. The van der Waals surface area contributed by atoms with Crippen molar-refractivity contribution >= 4 is 11.6 Å². The van der Waals surface area contributed by atoms with Gasteiger partial charge in [0.2, 0.25) is 0 Å². The first-order valence-electron chi connectivity index (χ1n) is 5.70. The van der Waals surface area contributed by atoms with Crippen LogP contribution in [0.3, 0.4) is 0 Å². The summed E-state index contributed by atoms with van der Waals surface area (Å²) in [5.41, 5.74) is 0.562. The summed E-state index contributed by atoms with van der Waals surface area (Å²) < 4.78 is 5.11. The van der Waals surface area contributed by atoms with Gasteiger partial charge < -0.3 is 4.42 Å². The van der Waals surface area contributed by atoms with Gasteiger partial charge >= 0.3 is 0 Å². The Morgan fingerprint density at radius 1 is 1.50 bits per heavy atom. The van der Waals surface area contributed by atoms with Crippen molar-refractivity contribution in [3.05, 3.63) is 23.7 Å². The molecule has 1 aliphatic carbocycles. The molecule has 1 aliphatic rings. The van der Waals surface area contributed by atoms with Gasteiger partial charge in [0, 0.05) is 6.42 Å². The molecule has 0 bridgehead atoms. The highest BCUT2D eigenvalue weighted by atomic mass is 16.3. The predicted octanol–water partition coefficient (Wildman–Crippen LogP) is 2.78. The first kappa shape index (κ1) is 11.1. The average Bonchev–Trinajstić information content (AvgIpc) is 2.67. The van der Waals surface area contributed by atoms with Crippen LogP contribution in [0, 0.1) is 18.8 Å². The average molecular weight is 220 g/mol. The molecule has 0 radical (unpaired) electrons. The third kappa shape index (κ3) is 1.94. The number of carbonyl (C=O) groups is 2. The monoisotopic (exact) mass is 220 g/mol. The van der Waals surface area contributed by atoms with E-state index >= 15 is 0 Å². The Labute approximate surface area is 94.8 Å². The molecule has 0 aromatic carbocycles. The second-order valence-corrected chi connectivity index (χ2v) is 4.65. The Balaban J connectivity index is 2.21. The second kappa shape index (κ2) is 4.24. The summed E-state index contributed by atoms with van der Waals surface area (Å²) in [4.78, 5) is 23.9. The van der Waals surface area contributed by atoms with Gasteiger partial charge in [-0.05, 0) is 31.7 Å². The van der Waals surface area contributed by atoms with E-state index in [1.807, 2.05) is 0 Å². The van der Waals surface area contributed by atoms with E-state index in [1.54, 1.807) is 13.0 Å². The van der Waals surface area contributed by atoms with Crippen LogP contribution in [0.5, 0.6) is 0 Å². The SMILES string of the molecule is Cc1occc1C(=O)C1CC(C)CCC1=O. The summed E-state index contributed by atoms with van der Waals surface area (Å²) in [7, 11) is 0. The van der Waals surface area contributed by atoms with Crippen molar-refractivity contribution < 1.29 is 14.0 Å². The fourth-order valence-electron chi connectivity index (χ4n) is 2.30. The summed E-state index contributed by atoms with van der Waals surface area (Å²) in [5.74, 6) is 0.640. The molecule has 1 heterocycles. The van der Waals surface area contributed by atoms with Gasteiger partial charge in [-0.15, -0.1) is 0 Å². The standard InChI is InChI=1S/C13H16O3/c1-8-3-4-12(14)11(7-8)13(15)10-5-6-16-9(10)2/h5-6,8,11H,3-4,7H2,1-2H3. The molecule has 0 saturated heterocycles. The van der Waals surface area contributed by atoms with Gasteiger partial charge in [-0.25, -0.2) is 0 Å². The van der Waals surface area contributed by atoms with Crippen molar-refractivity contribution in [3.8, 4) is 0 Å². The smallest absolute Gasteiger partial charge is 0.176 e. The molecule has 3 heteroatoms. The normalized spacial score (nSPS) is 25.8. The molecular weight excluding hydrogens is 204 g/mol. The number of ketones is 2. The fraction of sp³-hybridized carbons (Fsp3) is 0.538. The Morgan fingerprint density at radius 3 is 2.88 bits per heavy atom. The van der Waals surface area contributed by atoms with Gasteiger partial charge in [0.05, 0.1) is 17.7 Å². The minimum absolute atomic E-state index is 0.0669. The molecule has 1 saturated carbocycles. The van der Waals surface area contributed by atoms with E-state index in [1.165, 1.54) is 6.26 Å². The molecule has 2 unspecified atom stereocenters. The first-order valence-corrected chi connectivity index (χ1v) is 5.70. The van der Waals surface area contributed by atoms with E-state index in [2.05, 4.69) is 6.92 Å². The number of hydrogen-bond acceptors (Lipinski definition) is 3. The lowest BCUT2D eigenvalue weighted by molar-refractivity contribution is -0.123. The number of furan rings is 1. The summed E-state index contributed by atoms with van der Waals surface area (Å²) in [6.07, 6.45) is 3.63. The highest BCUT2D eigenvalue weighted by molar-refractivity contribution is 6.11. The van der Waals surface area contributed by atoms with E-state index in [0.29, 0.717) is 30.1 Å². The summed E-state index contributed by atoms with van der Waals surface area (Å²) in [6, 6.07) is 1.66. The molecule has 1 aromatic heterocycles. The van der Waals surface area contributed by atoms with Crippen LogP contribution in [0.25, 0.3) is 0 Å². The highest BCUT2D eigenvalue weighted by Gasteiger charge is 2.33. The maximum atomic E-state index is 12.2. The third-order valence-electron chi connectivity index (χ3n) is 3.35. The van der Waals surface area contributed by atoms with Crippen LogP contribution in [0.1, 0.15) is 42.3 Å². The lowest BCUT2D eigenvalue weighted by Gasteiger charge is -2.24. The van der Waals surface area contributed by atoms with Crippen LogP contribution in [-0.4, -0.2) is 11.6 Å². The van der Waals surface area contributed by atoms with E-state index in [-0.39, 0.29) is 11.6 Å². The van der Waals surface area contributed by atoms with E-state index < -0.39 is 5.92 Å². The topological polar surface area (TPSA) is 47.3 Å². The molecule has 2 atom stereocenters. The Hall–Kier alpha value is -1.38. The van der Waals surface area contributed by atoms with E-state index in [0.717, 1.165) is 6.42 Å². The Morgan fingerprint density at radius 2 is 2.25 bits per heavy atom. The number of Topliss-reactive ketones (excluding diaryl/α,β-unsaturated/α-hetero) is 2. The van der Waals surface area contributed by atoms with Gasteiger partial charge in [-0.3, -0.25) is 9.59 Å². The maximum Gasteiger partial charge on any atom is 0.176 e. The number of carbonyl (C=O) groups excluding carboxylic acids is 2.